The predicted octanol–water partition coefficient (Wildman–Crippen LogP) is 4.58. The molecule has 0 saturated heterocycles. The average Bonchev–Trinajstić information content (AvgIpc) is 2.34. The standard InChI is InChI=1S/C8H7Cl.C6H6/c9-7-6-8-4-2-1-3-5-8;1-2-4-6-5-3-1/h1-7H;1-6H. The molecule has 76 valence electrons. The summed E-state index contributed by atoms with van der Waals surface area (Å²) >= 11 is 5.36. The molecule has 0 aromatic heterocycles. The van der Waals surface area contributed by atoms with E-state index >= 15 is 0 Å². The maximum Gasteiger partial charge on any atom is 0.00484 e. The van der Waals surface area contributed by atoms with E-state index in [2.05, 4.69) is 0 Å². The smallest absolute Gasteiger partial charge is 0.00484 e. The summed E-state index contributed by atoms with van der Waals surface area (Å²) in [5.74, 6) is 0. The van der Waals surface area contributed by atoms with Gasteiger partial charge in [0, 0.05) is 5.54 Å². The number of hydrogen-bond acceptors (Lipinski definition) is 0. The van der Waals surface area contributed by atoms with Gasteiger partial charge < -0.3 is 0 Å². The van der Waals surface area contributed by atoms with Crippen LogP contribution in [0, 0.1) is 0 Å². The van der Waals surface area contributed by atoms with Crippen molar-refractivity contribution < 1.29 is 0 Å². The monoisotopic (exact) mass is 216 g/mol. The minimum atomic E-state index is 1.13. The SMILES string of the molecule is ClC=Cc1ccccc1.c1ccccc1. The van der Waals surface area contributed by atoms with E-state index in [1.54, 1.807) is 0 Å². The van der Waals surface area contributed by atoms with Crippen molar-refractivity contribution in [1.82, 2.24) is 0 Å². The van der Waals surface area contributed by atoms with Gasteiger partial charge in [-0.2, -0.15) is 0 Å². The van der Waals surface area contributed by atoms with Gasteiger partial charge in [0.25, 0.3) is 0 Å². The highest BCUT2D eigenvalue weighted by Crippen LogP contribution is 2.00. The summed E-state index contributed by atoms with van der Waals surface area (Å²) in [5, 5.41) is 0. The zero-order valence-electron chi connectivity index (χ0n) is 8.38. The largest absolute Gasteiger partial charge is 0.0929 e. The molecule has 0 heterocycles. The van der Waals surface area contributed by atoms with Crippen molar-refractivity contribution in [1.29, 1.82) is 0 Å². The van der Waals surface area contributed by atoms with E-state index in [9.17, 15) is 0 Å². The van der Waals surface area contributed by atoms with Crippen LogP contribution in [0.15, 0.2) is 72.3 Å². The van der Waals surface area contributed by atoms with Gasteiger partial charge in [-0.1, -0.05) is 78.3 Å². The second kappa shape index (κ2) is 7.84. The van der Waals surface area contributed by atoms with E-state index in [-0.39, 0.29) is 0 Å². The van der Waals surface area contributed by atoms with Crippen LogP contribution in [0.1, 0.15) is 5.56 Å². The van der Waals surface area contributed by atoms with Gasteiger partial charge in [-0.05, 0) is 11.6 Å². The van der Waals surface area contributed by atoms with E-state index in [1.807, 2.05) is 72.8 Å². The van der Waals surface area contributed by atoms with Gasteiger partial charge in [0.15, 0.2) is 0 Å². The molecule has 0 spiro atoms. The van der Waals surface area contributed by atoms with Crippen molar-refractivity contribution in [3.63, 3.8) is 0 Å². The van der Waals surface area contributed by atoms with Crippen LogP contribution in [0.4, 0.5) is 0 Å². The first kappa shape index (κ1) is 11.5. The highest BCUT2D eigenvalue weighted by atomic mass is 35.5. The van der Waals surface area contributed by atoms with E-state index < -0.39 is 0 Å². The van der Waals surface area contributed by atoms with Gasteiger partial charge in [-0.15, -0.1) is 0 Å². The van der Waals surface area contributed by atoms with Gasteiger partial charge >= 0.3 is 0 Å². The van der Waals surface area contributed by atoms with Crippen molar-refractivity contribution in [2.24, 2.45) is 0 Å². The topological polar surface area (TPSA) is 0 Å². The molecule has 0 aliphatic heterocycles. The van der Waals surface area contributed by atoms with Gasteiger partial charge in [-0.25, -0.2) is 0 Å². The Morgan fingerprint density at radius 2 is 1.07 bits per heavy atom. The van der Waals surface area contributed by atoms with Crippen LogP contribution < -0.4 is 0 Å². The quantitative estimate of drug-likeness (QED) is 0.655. The molecule has 0 aliphatic carbocycles. The third-order valence-corrected chi connectivity index (χ3v) is 1.85. The van der Waals surface area contributed by atoms with E-state index in [0.717, 1.165) is 5.56 Å². The molecule has 2 rings (SSSR count). The maximum absolute atomic E-state index is 5.36. The van der Waals surface area contributed by atoms with Crippen molar-refractivity contribution in [3.05, 3.63) is 77.8 Å². The van der Waals surface area contributed by atoms with Crippen molar-refractivity contribution in [2.75, 3.05) is 0 Å². The zero-order valence-corrected chi connectivity index (χ0v) is 9.14. The van der Waals surface area contributed by atoms with Crippen LogP contribution in [0.3, 0.4) is 0 Å². The Kier molecular flexibility index (Phi) is 6.03. The van der Waals surface area contributed by atoms with Gasteiger partial charge in [-0.3, -0.25) is 0 Å². The van der Waals surface area contributed by atoms with Crippen LogP contribution in [-0.2, 0) is 0 Å². The predicted molar refractivity (Wildman–Crippen MR) is 67.8 cm³/mol. The lowest BCUT2D eigenvalue weighted by Crippen LogP contribution is -1.64. The van der Waals surface area contributed by atoms with Crippen molar-refractivity contribution in [3.8, 4) is 0 Å². The molecule has 0 fully saturated rings. The van der Waals surface area contributed by atoms with Gasteiger partial charge in [0.2, 0.25) is 0 Å². The first-order valence-corrected chi connectivity index (χ1v) is 5.19. The highest BCUT2D eigenvalue weighted by molar-refractivity contribution is 6.27. The first-order chi connectivity index (χ1) is 7.43. The third kappa shape index (κ3) is 5.71. The normalized spacial score (nSPS) is 9.40. The molecule has 0 amide bonds. The number of halogens is 1. The lowest BCUT2D eigenvalue weighted by molar-refractivity contribution is 1.66. The van der Waals surface area contributed by atoms with Crippen LogP contribution in [0.5, 0.6) is 0 Å². The summed E-state index contributed by atoms with van der Waals surface area (Å²) in [6.45, 7) is 0. The minimum Gasteiger partial charge on any atom is -0.0929 e. The van der Waals surface area contributed by atoms with Crippen LogP contribution >= 0.6 is 11.6 Å². The van der Waals surface area contributed by atoms with Gasteiger partial charge in [0.05, 0.1) is 0 Å². The minimum absolute atomic E-state index is 1.13. The molecule has 0 unspecified atom stereocenters. The lowest BCUT2D eigenvalue weighted by Gasteiger charge is -1.86. The zero-order chi connectivity index (χ0) is 10.8. The maximum atomic E-state index is 5.36. The molecule has 0 nitrogen and oxygen atoms in total. The summed E-state index contributed by atoms with van der Waals surface area (Å²) < 4.78 is 0. The molecule has 0 radical (unpaired) electrons. The second-order valence-electron chi connectivity index (χ2n) is 2.86. The summed E-state index contributed by atoms with van der Waals surface area (Å²) in [7, 11) is 0. The fourth-order valence-electron chi connectivity index (χ4n) is 1.02. The molecular formula is C14H13Cl. The molecule has 15 heavy (non-hydrogen) atoms. The van der Waals surface area contributed by atoms with E-state index in [1.165, 1.54) is 5.54 Å². The molecule has 0 bridgehead atoms. The molecule has 0 N–H and O–H groups in total. The van der Waals surface area contributed by atoms with Gasteiger partial charge in [0.1, 0.15) is 0 Å². The number of rotatable bonds is 1. The summed E-state index contributed by atoms with van der Waals surface area (Å²) in [6.07, 6.45) is 1.85. The molecule has 2 aromatic carbocycles. The van der Waals surface area contributed by atoms with Crippen molar-refractivity contribution >= 4 is 17.7 Å². The Morgan fingerprint density at radius 3 is 1.47 bits per heavy atom. The summed E-state index contributed by atoms with van der Waals surface area (Å²) in [4.78, 5) is 0. The molecule has 0 aliphatic rings. The Morgan fingerprint density at radius 1 is 0.667 bits per heavy atom. The number of benzene rings is 2. The Bertz CT molecular complexity index is 338. The Balaban J connectivity index is 0.000000162. The van der Waals surface area contributed by atoms with E-state index in [0.29, 0.717) is 0 Å². The molecule has 0 saturated carbocycles. The fraction of sp³-hybridized carbons (Fsp3) is 0. The molecular weight excluding hydrogens is 204 g/mol. The summed E-state index contributed by atoms with van der Waals surface area (Å²) in [6, 6.07) is 21.9. The second-order valence-corrected chi connectivity index (χ2v) is 3.11. The molecule has 0 atom stereocenters. The third-order valence-electron chi connectivity index (χ3n) is 1.72. The highest BCUT2D eigenvalue weighted by Gasteiger charge is 1.78. The fourth-order valence-corrected chi connectivity index (χ4v) is 1.17. The Labute approximate surface area is 95.8 Å². The molecule has 1 heteroatoms. The first-order valence-electron chi connectivity index (χ1n) is 4.75. The Hall–Kier alpha value is -1.53. The summed E-state index contributed by atoms with van der Waals surface area (Å²) in [5.41, 5.74) is 2.64. The number of hydrogen-bond donors (Lipinski definition) is 0. The van der Waals surface area contributed by atoms with Crippen molar-refractivity contribution in [2.45, 2.75) is 0 Å². The molecule has 2 aromatic rings. The van der Waals surface area contributed by atoms with Crippen LogP contribution in [0.25, 0.3) is 6.08 Å². The van der Waals surface area contributed by atoms with Crippen LogP contribution in [-0.4, -0.2) is 0 Å². The van der Waals surface area contributed by atoms with E-state index in [4.69, 9.17) is 11.6 Å². The lowest BCUT2D eigenvalue weighted by atomic mass is 10.2. The average molecular weight is 217 g/mol. The van der Waals surface area contributed by atoms with Crippen LogP contribution in [0.2, 0.25) is 0 Å².